The van der Waals surface area contributed by atoms with E-state index in [1.807, 2.05) is 12.3 Å². The van der Waals surface area contributed by atoms with Gasteiger partial charge in [-0.3, -0.25) is 0 Å². The summed E-state index contributed by atoms with van der Waals surface area (Å²) in [5, 5.41) is 3.27. The highest BCUT2D eigenvalue weighted by molar-refractivity contribution is 9.09. The van der Waals surface area contributed by atoms with Crippen LogP contribution in [0.2, 0.25) is 0 Å². The summed E-state index contributed by atoms with van der Waals surface area (Å²) in [7, 11) is 0. The first-order chi connectivity index (χ1) is 5.67. The molecule has 3 heteroatoms. The molecule has 0 unspecified atom stereocenters. The van der Waals surface area contributed by atoms with Gasteiger partial charge in [0.05, 0.1) is 5.45 Å². The van der Waals surface area contributed by atoms with E-state index in [2.05, 4.69) is 46.1 Å². The summed E-state index contributed by atoms with van der Waals surface area (Å²) in [6, 6.07) is 4.15. The van der Waals surface area contributed by atoms with Gasteiger partial charge in [0.15, 0.2) is 0 Å². The summed E-state index contributed by atoms with van der Waals surface area (Å²) >= 11 is 3.34. The van der Waals surface area contributed by atoms with E-state index in [1.54, 1.807) is 0 Å². The smallest absolute Gasteiger partial charge is 0.0517 e. The summed E-state index contributed by atoms with van der Waals surface area (Å²) < 4.78 is 0. The van der Waals surface area contributed by atoms with Gasteiger partial charge in [-0.15, -0.1) is 0 Å². The second-order valence-electron chi connectivity index (χ2n) is 3.53. The Morgan fingerprint density at radius 2 is 2.33 bits per heavy atom. The molecule has 1 rings (SSSR count). The van der Waals surface area contributed by atoms with Crippen LogP contribution < -0.4 is 5.32 Å². The minimum atomic E-state index is 0.178. The fourth-order valence-electron chi connectivity index (χ4n) is 1.21. The van der Waals surface area contributed by atoms with Gasteiger partial charge >= 0.3 is 0 Å². The van der Waals surface area contributed by atoms with Crippen LogP contribution in [0, 0.1) is 0 Å². The van der Waals surface area contributed by atoms with Crippen molar-refractivity contribution in [2.75, 3.05) is 12.0 Å². The molecule has 68 valence electrons. The first-order valence-corrected chi connectivity index (χ1v) is 5.19. The number of halogens is 1. The van der Waals surface area contributed by atoms with E-state index in [4.69, 9.17) is 0 Å². The van der Waals surface area contributed by atoms with Crippen molar-refractivity contribution in [3.05, 3.63) is 24.0 Å². The molecule has 12 heavy (non-hydrogen) atoms. The SMILES string of the molecule is CC(C)(CNCBr)c1ccc[nH]1. The third-order valence-corrected chi connectivity index (χ3v) is 2.39. The molecule has 0 fully saturated rings. The predicted octanol–water partition coefficient (Wildman–Crippen LogP) is 2.23. The summed E-state index contributed by atoms with van der Waals surface area (Å²) in [6.07, 6.45) is 1.96. The van der Waals surface area contributed by atoms with Crippen LogP contribution in [0.3, 0.4) is 0 Å². The molecule has 0 saturated carbocycles. The van der Waals surface area contributed by atoms with E-state index < -0.39 is 0 Å². The van der Waals surface area contributed by atoms with E-state index in [9.17, 15) is 0 Å². The predicted molar refractivity (Wildman–Crippen MR) is 55.6 cm³/mol. The van der Waals surface area contributed by atoms with Crippen LogP contribution in [0.15, 0.2) is 18.3 Å². The molecule has 0 aliphatic heterocycles. The number of hydrogen-bond donors (Lipinski definition) is 2. The van der Waals surface area contributed by atoms with Crippen molar-refractivity contribution in [3.8, 4) is 0 Å². The van der Waals surface area contributed by atoms with Crippen LogP contribution in [-0.4, -0.2) is 17.0 Å². The number of aromatic amines is 1. The lowest BCUT2D eigenvalue weighted by Crippen LogP contribution is -2.32. The average molecular weight is 231 g/mol. The summed E-state index contributed by atoms with van der Waals surface area (Å²) in [5.74, 6) is 0. The maximum absolute atomic E-state index is 3.34. The number of aromatic nitrogens is 1. The zero-order valence-electron chi connectivity index (χ0n) is 7.52. The first kappa shape index (κ1) is 9.81. The van der Waals surface area contributed by atoms with Crippen LogP contribution in [-0.2, 0) is 5.41 Å². The zero-order chi connectivity index (χ0) is 9.03. The third-order valence-electron chi connectivity index (χ3n) is 1.99. The highest BCUT2D eigenvalue weighted by atomic mass is 79.9. The lowest BCUT2D eigenvalue weighted by Gasteiger charge is -2.23. The van der Waals surface area contributed by atoms with Crippen LogP contribution in [0.4, 0.5) is 0 Å². The van der Waals surface area contributed by atoms with Crippen molar-refractivity contribution in [1.82, 2.24) is 10.3 Å². The van der Waals surface area contributed by atoms with Gasteiger partial charge < -0.3 is 10.3 Å². The monoisotopic (exact) mass is 230 g/mol. The molecule has 0 atom stereocenters. The lowest BCUT2D eigenvalue weighted by molar-refractivity contribution is 0.480. The largest absolute Gasteiger partial charge is 0.365 e. The van der Waals surface area contributed by atoms with Gasteiger partial charge in [0.1, 0.15) is 0 Å². The van der Waals surface area contributed by atoms with Crippen molar-refractivity contribution >= 4 is 15.9 Å². The van der Waals surface area contributed by atoms with Crippen LogP contribution >= 0.6 is 15.9 Å². The number of alkyl halides is 1. The molecule has 0 bridgehead atoms. The molecule has 1 heterocycles. The normalized spacial score (nSPS) is 11.9. The molecule has 0 amide bonds. The van der Waals surface area contributed by atoms with E-state index in [-0.39, 0.29) is 5.41 Å². The molecule has 0 aliphatic rings. The second-order valence-corrected chi connectivity index (χ2v) is 4.09. The Balaban J connectivity index is 2.59. The minimum Gasteiger partial charge on any atom is -0.365 e. The molecule has 0 saturated heterocycles. The van der Waals surface area contributed by atoms with Gasteiger partial charge in [0.2, 0.25) is 0 Å². The van der Waals surface area contributed by atoms with Crippen LogP contribution in [0.25, 0.3) is 0 Å². The van der Waals surface area contributed by atoms with Crippen LogP contribution in [0.1, 0.15) is 19.5 Å². The Bertz CT molecular complexity index is 216. The summed E-state index contributed by atoms with van der Waals surface area (Å²) in [6.45, 7) is 5.40. The van der Waals surface area contributed by atoms with E-state index in [0.29, 0.717) is 0 Å². The van der Waals surface area contributed by atoms with Crippen LogP contribution in [0.5, 0.6) is 0 Å². The molecule has 2 nitrogen and oxygen atoms in total. The van der Waals surface area contributed by atoms with Gasteiger partial charge in [0, 0.05) is 23.9 Å². The highest BCUT2D eigenvalue weighted by Gasteiger charge is 2.20. The van der Waals surface area contributed by atoms with Crippen molar-refractivity contribution in [1.29, 1.82) is 0 Å². The third kappa shape index (κ3) is 2.35. The van der Waals surface area contributed by atoms with Crippen molar-refractivity contribution in [3.63, 3.8) is 0 Å². The minimum absolute atomic E-state index is 0.178. The maximum Gasteiger partial charge on any atom is 0.0517 e. The quantitative estimate of drug-likeness (QED) is 0.603. The Morgan fingerprint density at radius 3 is 2.83 bits per heavy atom. The Hall–Kier alpha value is -0.280. The maximum atomic E-state index is 3.34. The molecule has 2 N–H and O–H groups in total. The fraction of sp³-hybridized carbons (Fsp3) is 0.556. The van der Waals surface area contributed by atoms with Crippen molar-refractivity contribution in [2.45, 2.75) is 19.3 Å². The van der Waals surface area contributed by atoms with Crippen molar-refractivity contribution in [2.24, 2.45) is 0 Å². The van der Waals surface area contributed by atoms with Gasteiger partial charge in [-0.25, -0.2) is 0 Å². The Morgan fingerprint density at radius 1 is 1.58 bits per heavy atom. The zero-order valence-corrected chi connectivity index (χ0v) is 9.11. The van der Waals surface area contributed by atoms with Gasteiger partial charge in [-0.05, 0) is 12.1 Å². The molecule has 1 aromatic rings. The van der Waals surface area contributed by atoms with E-state index in [1.165, 1.54) is 5.69 Å². The molecule has 0 radical (unpaired) electrons. The summed E-state index contributed by atoms with van der Waals surface area (Å²) in [5.41, 5.74) is 2.30. The van der Waals surface area contributed by atoms with Gasteiger partial charge in [0.25, 0.3) is 0 Å². The van der Waals surface area contributed by atoms with E-state index in [0.717, 1.165) is 12.0 Å². The number of hydrogen-bond acceptors (Lipinski definition) is 1. The highest BCUT2D eigenvalue weighted by Crippen LogP contribution is 2.19. The lowest BCUT2D eigenvalue weighted by atomic mass is 9.89. The number of rotatable bonds is 4. The first-order valence-electron chi connectivity index (χ1n) is 4.07. The Kier molecular flexibility index (Phi) is 3.35. The molecule has 0 aromatic carbocycles. The van der Waals surface area contributed by atoms with Crippen molar-refractivity contribution < 1.29 is 0 Å². The topological polar surface area (TPSA) is 27.8 Å². The molecule has 1 aromatic heterocycles. The molecule has 0 aliphatic carbocycles. The Labute approximate surface area is 81.9 Å². The van der Waals surface area contributed by atoms with Gasteiger partial charge in [-0.1, -0.05) is 29.8 Å². The second kappa shape index (κ2) is 4.10. The molecular weight excluding hydrogens is 216 g/mol. The standard InChI is InChI=1S/C9H15BrN2/c1-9(2,6-11-7-10)8-4-3-5-12-8/h3-5,11-12H,6-7H2,1-2H3. The molecule has 0 spiro atoms. The molecular formula is C9H15BrN2. The number of nitrogens with one attached hydrogen (secondary N) is 2. The fourth-order valence-corrected chi connectivity index (χ4v) is 1.40. The number of H-pyrrole nitrogens is 1. The average Bonchev–Trinajstić information content (AvgIpc) is 2.53. The van der Waals surface area contributed by atoms with E-state index >= 15 is 0 Å². The summed E-state index contributed by atoms with van der Waals surface area (Å²) in [4.78, 5) is 3.23. The van der Waals surface area contributed by atoms with Gasteiger partial charge in [-0.2, -0.15) is 0 Å².